The van der Waals surface area contributed by atoms with Crippen LogP contribution in [-0.4, -0.2) is 60.9 Å². The van der Waals surface area contributed by atoms with Gasteiger partial charge in [-0.25, -0.2) is 0 Å². The predicted octanol–water partition coefficient (Wildman–Crippen LogP) is 5.69. The van der Waals surface area contributed by atoms with Gasteiger partial charge >= 0.3 is 0 Å². The van der Waals surface area contributed by atoms with Gasteiger partial charge in [-0.2, -0.15) is 0 Å². The molecule has 4 aromatic rings. The molecule has 0 atom stereocenters. The van der Waals surface area contributed by atoms with Crippen LogP contribution in [0.15, 0.2) is 121 Å². The highest BCUT2D eigenvalue weighted by atomic mass is 16.2. The molecule has 5 heteroatoms. The Morgan fingerprint density at radius 2 is 0.951 bits per heavy atom. The Labute approximate surface area is 243 Å². The number of rotatable bonds is 11. The first kappa shape index (κ1) is 28.3. The molecule has 1 saturated heterocycles. The molecule has 5 rings (SSSR count). The van der Waals surface area contributed by atoms with Crippen molar-refractivity contribution in [1.82, 2.24) is 15.1 Å². The minimum Gasteiger partial charge on any atom is -0.355 e. The third kappa shape index (κ3) is 7.92. The molecule has 0 aliphatic carbocycles. The second-order valence-electron chi connectivity index (χ2n) is 10.7. The summed E-state index contributed by atoms with van der Waals surface area (Å²) in [5.74, 6) is 0.337. The van der Waals surface area contributed by atoms with Crippen molar-refractivity contribution in [2.45, 2.75) is 24.7 Å². The number of hydrogen-bond acceptors (Lipinski definition) is 3. The first-order valence-corrected chi connectivity index (χ1v) is 14.6. The Hall–Kier alpha value is -4.22. The van der Waals surface area contributed by atoms with Gasteiger partial charge in [0.05, 0.1) is 0 Å². The van der Waals surface area contributed by atoms with E-state index in [9.17, 15) is 9.59 Å². The fraction of sp³-hybridized carbons (Fsp3) is 0.278. The van der Waals surface area contributed by atoms with Crippen LogP contribution >= 0.6 is 0 Å². The van der Waals surface area contributed by atoms with Crippen LogP contribution in [0.4, 0.5) is 0 Å². The molecule has 0 unspecified atom stereocenters. The fourth-order valence-electron chi connectivity index (χ4n) is 5.73. The van der Waals surface area contributed by atoms with Crippen molar-refractivity contribution >= 4 is 11.8 Å². The molecule has 0 aromatic heterocycles. The third-order valence-corrected chi connectivity index (χ3v) is 8.05. The highest BCUT2D eigenvalue weighted by Gasteiger charge is 2.25. The molecule has 0 spiro atoms. The van der Waals surface area contributed by atoms with E-state index in [1.165, 1.54) is 11.1 Å². The van der Waals surface area contributed by atoms with Crippen molar-refractivity contribution < 1.29 is 9.59 Å². The maximum absolute atomic E-state index is 13.4. The number of piperazine rings is 1. The van der Waals surface area contributed by atoms with Crippen molar-refractivity contribution in [2.75, 3.05) is 39.3 Å². The lowest BCUT2D eigenvalue weighted by Crippen LogP contribution is -2.50. The van der Waals surface area contributed by atoms with Gasteiger partial charge in [0.2, 0.25) is 11.8 Å². The van der Waals surface area contributed by atoms with Gasteiger partial charge in [0, 0.05) is 63.9 Å². The predicted molar refractivity (Wildman–Crippen MR) is 165 cm³/mol. The zero-order chi connectivity index (χ0) is 28.3. The normalized spacial score (nSPS) is 13.9. The number of carbonyl (C=O) groups excluding carboxylic acids is 2. The number of amides is 2. The summed E-state index contributed by atoms with van der Waals surface area (Å²) in [6, 6.07) is 41.1. The standard InChI is InChI=1S/C36H39N3O2/c40-35(27-33(29-13-5-1-6-14-29)30-15-7-2-8-16-30)37-21-22-38-23-25-39(26-24-38)36(41)28-34(31-17-9-3-10-18-31)32-19-11-4-12-20-32/h1-20,33-34H,21-28H2,(H,37,40). The van der Waals surface area contributed by atoms with Gasteiger partial charge in [-0.1, -0.05) is 121 Å². The molecule has 1 heterocycles. The van der Waals surface area contributed by atoms with Crippen LogP contribution in [0.3, 0.4) is 0 Å². The summed E-state index contributed by atoms with van der Waals surface area (Å²) in [5.41, 5.74) is 4.64. The van der Waals surface area contributed by atoms with Crippen LogP contribution in [0.1, 0.15) is 46.9 Å². The highest BCUT2D eigenvalue weighted by Crippen LogP contribution is 2.29. The summed E-state index contributed by atoms with van der Waals surface area (Å²) >= 11 is 0. The van der Waals surface area contributed by atoms with E-state index in [0.29, 0.717) is 32.5 Å². The second-order valence-corrected chi connectivity index (χ2v) is 10.7. The molecule has 4 aromatic carbocycles. The van der Waals surface area contributed by atoms with E-state index in [2.05, 4.69) is 58.7 Å². The molecule has 41 heavy (non-hydrogen) atoms. The number of benzene rings is 4. The Morgan fingerprint density at radius 3 is 1.37 bits per heavy atom. The maximum Gasteiger partial charge on any atom is 0.223 e. The Kier molecular flexibility index (Phi) is 9.96. The lowest BCUT2D eigenvalue weighted by atomic mass is 9.88. The van der Waals surface area contributed by atoms with Crippen molar-refractivity contribution in [3.05, 3.63) is 144 Å². The van der Waals surface area contributed by atoms with E-state index in [1.54, 1.807) is 0 Å². The zero-order valence-electron chi connectivity index (χ0n) is 23.6. The van der Waals surface area contributed by atoms with Crippen molar-refractivity contribution in [2.24, 2.45) is 0 Å². The third-order valence-electron chi connectivity index (χ3n) is 8.05. The van der Waals surface area contributed by atoms with E-state index in [4.69, 9.17) is 0 Å². The van der Waals surface area contributed by atoms with Gasteiger partial charge in [-0.3, -0.25) is 14.5 Å². The molecule has 210 valence electrons. The fourth-order valence-corrected chi connectivity index (χ4v) is 5.73. The van der Waals surface area contributed by atoms with E-state index in [-0.39, 0.29) is 23.7 Å². The molecule has 0 radical (unpaired) electrons. The van der Waals surface area contributed by atoms with Gasteiger partial charge in [0.25, 0.3) is 0 Å². The first-order valence-electron chi connectivity index (χ1n) is 14.6. The van der Waals surface area contributed by atoms with Crippen molar-refractivity contribution in [3.8, 4) is 0 Å². The van der Waals surface area contributed by atoms with Crippen LogP contribution in [0, 0.1) is 0 Å². The van der Waals surface area contributed by atoms with Crippen LogP contribution in [0.2, 0.25) is 0 Å². The summed E-state index contributed by atoms with van der Waals surface area (Å²) in [4.78, 5) is 30.6. The molecular formula is C36H39N3O2. The smallest absolute Gasteiger partial charge is 0.223 e. The topological polar surface area (TPSA) is 52.7 Å². The summed E-state index contributed by atoms with van der Waals surface area (Å²) in [7, 11) is 0. The zero-order valence-corrected chi connectivity index (χ0v) is 23.6. The number of nitrogens with one attached hydrogen (secondary N) is 1. The Bertz CT molecular complexity index is 1270. The SMILES string of the molecule is O=C(CC(c1ccccc1)c1ccccc1)NCCN1CCN(C(=O)CC(c2ccccc2)c2ccccc2)CC1. The van der Waals surface area contributed by atoms with Gasteiger partial charge in [0.15, 0.2) is 0 Å². The van der Waals surface area contributed by atoms with E-state index in [0.717, 1.165) is 30.8 Å². The Morgan fingerprint density at radius 1 is 0.561 bits per heavy atom. The molecule has 1 aliphatic rings. The van der Waals surface area contributed by atoms with Gasteiger partial charge < -0.3 is 10.2 Å². The number of nitrogens with zero attached hydrogens (tertiary/aromatic N) is 2. The summed E-state index contributed by atoms with van der Waals surface area (Å²) in [6.45, 7) is 4.46. The molecule has 1 aliphatic heterocycles. The lowest BCUT2D eigenvalue weighted by Gasteiger charge is -2.35. The largest absolute Gasteiger partial charge is 0.355 e. The minimum absolute atomic E-state index is 0.0301. The van der Waals surface area contributed by atoms with E-state index in [1.807, 2.05) is 77.7 Å². The van der Waals surface area contributed by atoms with E-state index < -0.39 is 0 Å². The Balaban J connectivity index is 1.09. The van der Waals surface area contributed by atoms with Crippen LogP contribution < -0.4 is 5.32 Å². The maximum atomic E-state index is 13.4. The number of hydrogen-bond donors (Lipinski definition) is 1. The molecule has 0 saturated carbocycles. The second kappa shape index (κ2) is 14.4. The summed E-state index contributed by atoms with van der Waals surface area (Å²) in [6.07, 6.45) is 0.883. The molecule has 5 nitrogen and oxygen atoms in total. The summed E-state index contributed by atoms with van der Waals surface area (Å²) < 4.78 is 0. The quantitative estimate of drug-likeness (QED) is 0.263. The van der Waals surface area contributed by atoms with Crippen molar-refractivity contribution in [1.29, 1.82) is 0 Å². The van der Waals surface area contributed by atoms with Crippen LogP contribution in [-0.2, 0) is 9.59 Å². The average molecular weight is 546 g/mol. The van der Waals surface area contributed by atoms with Gasteiger partial charge in [-0.15, -0.1) is 0 Å². The molecule has 2 amide bonds. The monoisotopic (exact) mass is 545 g/mol. The van der Waals surface area contributed by atoms with Gasteiger partial charge in [-0.05, 0) is 22.3 Å². The van der Waals surface area contributed by atoms with Gasteiger partial charge in [0.1, 0.15) is 0 Å². The molecule has 1 fully saturated rings. The summed E-state index contributed by atoms with van der Waals surface area (Å²) in [5, 5.41) is 3.14. The average Bonchev–Trinajstić information content (AvgIpc) is 3.04. The molecule has 0 bridgehead atoms. The minimum atomic E-state index is 0.0301. The molecule has 1 N–H and O–H groups in total. The van der Waals surface area contributed by atoms with Crippen molar-refractivity contribution in [3.63, 3.8) is 0 Å². The van der Waals surface area contributed by atoms with Crippen LogP contribution in [0.25, 0.3) is 0 Å². The number of carbonyl (C=O) groups is 2. The van der Waals surface area contributed by atoms with Crippen LogP contribution in [0.5, 0.6) is 0 Å². The molecular weight excluding hydrogens is 506 g/mol. The van der Waals surface area contributed by atoms with E-state index >= 15 is 0 Å². The first-order chi connectivity index (χ1) is 20.2. The lowest BCUT2D eigenvalue weighted by molar-refractivity contribution is -0.133. The highest BCUT2D eigenvalue weighted by molar-refractivity contribution is 5.78.